The lowest BCUT2D eigenvalue weighted by molar-refractivity contribution is -0.132. The van der Waals surface area contributed by atoms with E-state index in [2.05, 4.69) is 64.0 Å². The molecule has 0 aromatic carbocycles. The molecule has 2 atom stereocenters. The predicted octanol–water partition coefficient (Wildman–Crippen LogP) is 0.761. The second kappa shape index (κ2) is 48.3. The molecule has 0 aromatic heterocycles. The molecule has 0 aliphatic heterocycles. The van der Waals surface area contributed by atoms with Crippen molar-refractivity contribution in [3.63, 3.8) is 0 Å². The number of hydrogen-bond donors (Lipinski definition) is 11. The van der Waals surface area contributed by atoms with E-state index in [1.807, 2.05) is 0 Å². The van der Waals surface area contributed by atoms with E-state index in [0.717, 1.165) is 0 Å². The number of thiol groups is 1. The molecule has 0 bridgehead atoms. The zero-order valence-electron chi connectivity index (χ0n) is 45.8. The standard InChI is InChI=1S/C49H96N11O15PS/c1-2-76(68,77)75-41-20-18-40(19-21-41)48(66)58-25-13-9-14-42(49(67)59-24-12-5-8-17-45(63)57-28-31-71-34-37-74-52)60(38-46(64)53-22-10-3-6-15-43(61)55-26-29-69-32-35-72-50)39-47(65)54-23-11-4-7-16-44(62)56-27-30-70-33-36-73-51/h40-42H,2-39,50-52H2,1H3,(H,53,64)(H,54,65)(H,55,61)(H,56,62)(H,57,63)(H,58,66)(H,59,67)(H,68,77). The highest BCUT2D eigenvalue weighted by atomic mass is 32.7. The maximum atomic E-state index is 14.1. The van der Waals surface area contributed by atoms with Gasteiger partial charge in [-0.3, -0.25) is 43.0 Å². The van der Waals surface area contributed by atoms with Crippen molar-refractivity contribution in [2.45, 2.75) is 141 Å². The van der Waals surface area contributed by atoms with Crippen molar-refractivity contribution in [2.24, 2.45) is 23.6 Å². The molecule has 448 valence electrons. The average molecular weight is 1140 g/mol. The van der Waals surface area contributed by atoms with Gasteiger partial charge in [0.25, 0.3) is 6.57 Å². The molecule has 0 spiro atoms. The predicted molar refractivity (Wildman–Crippen MR) is 293 cm³/mol. The summed E-state index contributed by atoms with van der Waals surface area (Å²) in [4.78, 5) is 106. The number of rotatable bonds is 51. The number of carbonyl (C=O) groups is 7. The van der Waals surface area contributed by atoms with Crippen LogP contribution in [0.3, 0.4) is 0 Å². The number of nitrogens with zero attached hydrogens (tertiary/aromatic N) is 1. The smallest absolute Gasteiger partial charge is 0.254 e. The summed E-state index contributed by atoms with van der Waals surface area (Å²) < 4.78 is 34.0. The molecule has 0 aromatic rings. The highest BCUT2D eigenvalue weighted by molar-refractivity contribution is 8.46. The Morgan fingerprint density at radius 1 is 0.494 bits per heavy atom. The van der Waals surface area contributed by atoms with Gasteiger partial charge >= 0.3 is 0 Å². The number of ether oxygens (including phenoxy) is 3. The first-order valence-electron chi connectivity index (χ1n) is 27.6. The van der Waals surface area contributed by atoms with Crippen molar-refractivity contribution < 1.29 is 71.4 Å². The normalized spacial score (nSPS) is 15.5. The lowest BCUT2D eigenvalue weighted by atomic mass is 9.87. The van der Waals surface area contributed by atoms with Gasteiger partial charge in [0.15, 0.2) is 0 Å². The lowest BCUT2D eigenvalue weighted by Gasteiger charge is -2.30. The first-order valence-corrected chi connectivity index (χ1v) is 30.5. The fraction of sp³-hybridized carbons (Fsp3) is 0.857. The summed E-state index contributed by atoms with van der Waals surface area (Å²) in [6.07, 6.45) is 10.4. The Kier molecular flexibility index (Phi) is 44.9. The molecule has 0 radical (unpaired) electrons. The van der Waals surface area contributed by atoms with Crippen molar-refractivity contribution in [2.75, 3.05) is 125 Å². The molecule has 2 unspecified atom stereocenters. The van der Waals surface area contributed by atoms with Crippen LogP contribution in [0.2, 0.25) is 0 Å². The Labute approximate surface area is 461 Å². The maximum absolute atomic E-state index is 14.1. The van der Waals surface area contributed by atoms with Crippen LogP contribution in [-0.2, 0) is 71.4 Å². The summed E-state index contributed by atoms with van der Waals surface area (Å²) in [5, 5.41) is 20.2. The van der Waals surface area contributed by atoms with Crippen LogP contribution >= 0.6 is 18.8 Å². The molecule has 26 nitrogen and oxygen atoms in total. The van der Waals surface area contributed by atoms with E-state index in [9.17, 15) is 38.1 Å². The number of amides is 7. The molecule has 77 heavy (non-hydrogen) atoms. The van der Waals surface area contributed by atoms with Crippen molar-refractivity contribution >= 4 is 60.2 Å². The summed E-state index contributed by atoms with van der Waals surface area (Å²) in [5.74, 6) is 13.2. The van der Waals surface area contributed by atoms with E-state index in [-0.39, 0.29) is 92.7 Å². The van der Waals surface area contributed by atoms with E-state index in [1.54, 1.807) is 11.8 Å². The van der Waals surface area contributed by atoms with Gasteiger partial charge in [-0.15, -0.1) is 0 Å². The maximum Gasteiger partial charge on any atom is 0.254 e. The number of nitrogens with two attached hydrogens (primary N) is 3. The summed E-state index contributed by atoms with van der Waals surface area (Å²) in [7, 11) is 0. The molecule has 7 amide bonds. The zero-order chi connectivity index (χ0) is 56.6. The van der Waals surface area contributed by atoms with E-state index in [1.165, 1.54) is 0 Å². The summed E-state index contributed by atoms with van der Waals surface area (Å²) in [6, 6.07) is -0.886. The monoisotopic (exact) mass is 1140 g/mol. The molecule has 1 saturated carbocycles. The molecular weight excluding hydrogens is 1050 g/mol. The molecule has 13 N–H and O–H groups in total. The number of carbonyl (C=O) groups excluding carboxylic acids is 7. The Morgan fingerprint density at radius 3 is 1.30 bits per heavy atom. The zero-order valence-corrected chi connectivity index (χ0v) is 47.6. The number of unbranched alkanes of at least 4 members (excludes halogenated alkanes) is 7. The molecule has 1 aliphatic carbocycles. The van der Waals surface area contributed by atoms with Crippen LogP contribution in [0.5, 0.6) is 0 Å². The van der Waals surface area contributed by atoms with Gasteiger partial charge in [-0.25, -0.2) is 17.7 Å². The second-order valence-corrected chi connectivity index (χ2v) is 22.6. The second-order valence-electron chi connectivity index (χ2n) is 18.7. The Bertz CT molecular complexity index is 1610. The average Bonchev–Trinajstić information content (AvgIpc) is 3.40. The van der Waals surface area contributed by atoms with Gasteiger partial charge in [-0.2, -0.15) is 0 Å². The van der Waals surface area contributed by atoms with Crippen LogP contribution < -0.4 is 54.9 Å². The topological polar surface area (TPSA) is 367 Å². The van der Waals surface area contributed by atoms with Crippen molar-refractivity contribution in [3.8, 4) is 0 Å². The third kappa shape index (κ3) is 41.2. The van der Waals surface area contributed by atoms with Crippen LogP contribution in [0.1, 0.15) is 129 Å². The third-order valence-corrected chi connectivity index (χ3v) is 14.9. The van der Waals surface area contributed by atoms with Crippen LogP contribution in [-0.4, -0.2) is 183 Å². The van der Waals surface area contributed by atoms with Crippen molar-refractivity contribution in [1.29, 1.82) is 0 Å². The quantitative estimate of drug-likeness (QED) is 0.0173. The number of hydrogen-bond acceptors (Lipinski definition) is 19. The van der Waals surface area contributed by atoms with Gasteiger partial charge in [0.1, 0.15) is 0 Å². The largest absolute Gasteiger partial charge is 0.377 e. The Morgan fingerprint density at radius 2 is 0.883 bits per heavy atom. The third-order valence-electron chi connectivity index (χ3n) is 12.3. The minimum Gasteiger partial charge on any atom is -0.377 e. The van der Waals surface area contributed by atoms with E-state index >= 15 is 0 Å². The highest BCUT2D eigenvalue weighted by Crippen LogP contribution is 2.53. The van der Waals surface area contributed by atoms with Gasteiger partial charge in [-0.05, 0) is 83.5 Å². The molecule has 0 heterocycles. The Hall–Kier alpha value is -3.57. The molecule has 1 aliphatic rings. The number of nitrogens with one attached hydrogen (secondary N) is 7. The van der Waals surface area contributed by atoms with Gasteiger partial charge in [-0.1, -0.05) is 38.4 Å². The highest BCUT2D eigenvalue weighted by Gasteiger charge is 2.31. The first kappa shape index (κ1) is 71.4. The van der Waals surface area contributed by atoms with Gasteiger partial charge < -0.3 is 70.5 Å². The van der Waals surface area contributed by atoms with Crippen molar-refractivity contribution in [1.82, 2.24) is 42.1 Å². The fourth-order valence-electron chi connectivity index (χ4n) is 8.02. The molecule has 28 heteroatoms. The summed E-state index contributed by atoms with van der Waals surface area (Å²) in [5.41, 5.74) is 0. The molecular formula is C49H96N11O15PS. The minimum absolute atomic E-state index is 0.0729. The van der Waals surface area contributed by atoms with E-state index in [4.69, 9.17) is 36.4 Å². The SMILES string of the molecule is CCP(=O)(S)OC1CCC(C(=O)NCCCCC(C(=O)NCCCCCC(=O)NCCOCCON)N(CC(=O)NCCCCCC(=O)NCCOCCON)CC(=O)NCCCCCC(=O)NCCOCCON)CC1. The molecule has 0 saturated heterocycles. The van der Waals surface area contributed by atoms with Crippen molar-refractivity contribution in [3.05, 3.63) is 0 Å². The van der Waals surface area contributed by atoms with Crippen LogP contribution in [0, 0.1) is 5.92 Å². The fourth-order valence-corrected chi connectivity index (χ4v) is 9.25. The van der Waals surface area contributed by atoms with Gasteiger partial charge in [0.2, 0.25) is 41.4 Å². The van der Waals surface area contributed by atoms with Crippen LogP contribution in [0.15, 0.2) is 0 Å². The summed E-state index contributed by atoms with van der Waals surface area (Å²) in [6.45, 7) is 3.46. The minimum atomic E-state index is -2.95. The van der Waals surface area contributed by atoms with Gasteiger partial charge in [0, 0.05) is 77.2 Å². The first-order chi connectivity index (χ1) is 37.2. The van der Waals surface area contributed by atoms with Crippen LogP contribution in [0.25, 0.3) is 0 Å². The van der Waals surface area contributed by atoms with Gasteiger partial charge in [0.05, 0.1) is 84.7 Å². The molecule has 1 fully saturated rings. The van der Waals surface area contributed by atoms with E-state index < -0.39 is 12.6 Å². The Balaban J connectivity index is 2.95. The lowest BCUT2D eigenvalue weighted by Crippen LogP contribution is -2.53. The summed E-state index contributed by atoms with van der Waals surface area (Å²) >= 11 is 4.17. The van der Waals surface area contributed by atoms with Crippen LogP contribution in [0.4, 0.5) is 0 Å². The van der Waals surface area contributed by atoms with E-state index in [0.29, 0.717) is 207 Å². The molecule has 1 rings (SSSR count).